The monoisotopic (exact) mass is 214 g/mol. The van der Waals surface area contributed by atoms with Crippen LogP contribution in [-0.4, -0.2) is 18.1 Å². The Morgan fingerprint density at radius 1 is 1.36 bits per heavy atom. The Morgan fingerprint density at radius 2 is 1.93 bits per heavy atom. The van der Waals surface area contributed by atoms with Crippen molar-refractivity contribution in [1.82, 2.24) is 0 Å². The number of carbonyl (C=O) groups is 1. The third-order valence-corrected chi connectivity index (χ3v) is 2.01. The molecule has 0 N–H and O–H groups in total. The molecule has 0 fully saturated rings. The van der Waals surface area contributed by atoms with E-state index in [2.05, 4.69) is 0 Å². The van der Waals surface area contributed by atoms with E-state index in [-0.39, 0.29) is 0 Å². The number of ether oxygens (including phenoxy) is 2. The van der Waals surface area contributed by atoms with Gasteiger partial charge in [0.05, 0.1) is 0 Å². The van der Waals surface area contributed by atoms with Gasteiger partial charge in [0.2, 0.25) is 5.06 Å². The van der Waals surface area contributed by atoms with Crippen molar-refractivity contribution in [3.8, 4) is 5.75 Å². The number of alkyl halides is 1. The summed E-state index contributed by atoms with van der Waals surface area (Å²) in [7, 11) is 1.35. The van der Waals surface area contributed by atoms with Gasteiger partial charge in [-0.15, -0.1) is 0 Å². The first-order valence-corrected chi connectivity index (χ1v) is 4.45. The summed E-state index contributed by atoms with van der Waals surface area (Å²) in [6.45, 7) is 1.43. The van der Waals surface area contributed by atoms with Crippen LogP contribution in [0.15, 0.2) is 30.3 Å². The van der Waals surface area contributed by atoms with Gasteiger partial charge in [0.25, 0.3) is 0 Å². The summed E-state index contributed by atoms with van der Waals surface area (Å²) in [5.74, 6) is -0.186. The van der Waals surface area contributed by atoms with E-state index < -0.39 is 11.0 Å². The molecule has 0 heterocycles. The van der Waals surface area contributed by atoms with Gasteiger partial charge in [-0.05, 0) is 19.1 Å². The Morgan fingerprint density at radius 3 is 2.43 bits per heavy atom. The molecule has 0 aromatic heterocycles. The van der Waals surface area contributed by atoms with Crippen molar-refractivity contribution < 1.29 is 14.3 Å². The first-order chi connectivity index (χ1) is 6.56. The number of halogens is 1. The molecule has 0 bridgehead atoms. The van der Waals surface area contributed by atoms with E-state index >= 15 is 0 Å². The number of esters is 1. The first-order valence-electron chi connectivity index (χ1n) is 4.07. The molecule has 0 amide bonds. The smallest absolute Gasteiger partial charge is 0.359 e. The quantitative estimate of drug-likeness (QED) is 0.440. The van der Waals surface area contributed by atoms with Gasteiger partial charge in [0, 0.05) is 7.11 Å². The van der Waals surface area contributed by atoms with Crippen LogP contribution in [0.1, 0.15) is 6.92 Å². The molecular weight excluding hydrogens is 204 g/mol. The fourth-order valence-electron chi connectivity index (χ4n) is 0.770. The average Bonchev–Trinajstić information content (AvgIpc) is 2.19. The number of carbonyl (C=O) groups excluding carboxylic acids is 1. The fourth-order valence-corrected chi connectivity index (χ4v) is 0.809. The minimum Gasteiger partial charge on any atom is -0.423 e. The van der Waals surface area contributed by atoms with Crippen LogP contribution in [0, 0.1) is 0 Å². The summed E-state index contributed by atoms with van der Waals surface area (Å²) in [4.78, 5) is 11.4. The standard InChI is InChI=1S/C10H11ClO3/c1-10(11,13-2)9(12)14-8-6-4-3-5-7-8/h3-7H,1-2H3. The van der Waals surface area contributed by atoms with Gasteiger partial charge < -0.3 is 9.47 Å². The minimum absolute atomic E-state index is 0.446. The van der Waals surface area contributed by atoms with Gasteiger partial charge in [0.15, 0.2) is 0 Å². The van der Waals surface area contributed by atoms with Crippen molar-refractivity contribution in [1.29, 1.82) is 0 Å². The van der Waals surface area contributed by atoms with Gasteiger partial charge >= 0.3 is 5.97 Å². The Balaban J connectivity index is 2.67. The van der Waals surface area contributed by atoms with Crippen LogP contribution < -0.4 is 4.74 Å². The van der Waals surface area contributed by atoms with Gasteiger partial charge in [-0.2, -0.15) is 0 Å². The maximum absolute atomic E-state index is 11.4. The molecule has 0 aliphatic rings. The molecule has 0 saturated carbocycles. The topological polar surface area (TPSA) is 35.5 Å². The number of methoxy groups -OCH3 is 1. The van der Waals surface area contributed by atoms with Crippen molar-refractivity contribution >= 4 is 17.6 Å². The Labute approximate surface area is 87.6 Å². The molecule has 0 aliphatic carbocycles. The van der Waals surface area contributed by atoms with Crippen LogP contribution in [0.25, 0.3) is 0 Å². The molecule has 1 unspecified atom stereocenters. The Hall–Kier alpha value is -1.06. The number of hydrogen-bond donors (Lipinski definition) is 0. The molecule has 1 atom stereocenters. The summed E-state index contributed by atoms with van der Waals surface area (Å²) in [6, 6.07) is 8.69. The zero-order chi connectivity index (χ0) is 10.6. The Bertz CT molecular complexity index is 308. The van der Waals surface area contributed by atoms with Crippen LogP contribution in [0.4, 0.5) is 0 Å². The zero-order valence-corrected chi connectivity index (χ0v) is 8.75. The lowest BCUT2D eigenvalue weighted by Gasteiger charge is -2.17. The van der Waals surface area contributed by atoms with E-state index in [0.29, 0.717) is 5.75 Å². The molecule has 1 aromatic carbocycles. The van der Waals surface area contributed by atoms with Gasteiger partial charge in [-0.25, -0.2) is 4.79 Å². The highest BCUT2D eigenvalue weighted by atomic mass is 35.5. The first kappa shape index (κ1) is 11.0. The largest absolute Gasteiger partial charge is 0.423 e. The van der Waals surface area contributed by atoms with E-state index in [1.165, 1.54) is 14.0 Å². The van der Waals surface area contributed by atoms with E-state index in [0.717, 1.165) is 0 Å². The summed E-state index contributed by atoms with van der Waals surface area (Å²) >= 11 is 5.72. The van der Waals surface area contributed by atoms with Crippen LogP contribution in [0.5, 0.6) is 5.75 Å². The van der Waals surface area contributed by atoms with Crippen LogP contribution in [-0.2, 0) is 9.53 Å². The van der Waals surface area contributed by atoms with Crippen molar-refractivity contribution in [2.75, 3.05) is 7.11 Å². The molecule has 0 radical (unpaired) electrons. The number of hydrogen-bond acceptors (Lipinski definition) is 3. The third-order valence-electron chi connectivity index (χ3n) is 1.70. The molecular formula is C10H11ClO3. The zero-order valence-electron chi connectivity index (χ0n) is 7.99. The van der Waals surface area contributed by atoms with E-state index in [1.54, 1.807) is 24.3 Å². The summed E-state index contributed by atoms with van der Waals surface area (Å²) in [5.41, 5.74) is 0. The lowest BCUT2D eigenvalue weighted by Crippen LogP contribution is -2.34. The second-order valence-electron chi connectivity index (χ2n) is 2.82. The third kappa shape index (κ3) is 2.72. The van der Waals surface area contributed by atoms with Crippen molar-refractivity contribution in [2.24, 2.45) is 0 Å². The number of rotatable bonds is 3. The van der Waals surface area contributed by atoms with E-state index in [1.807, 2.05) is 6.07 Å². The molecule has 0 aliphatic heterocycles. The molecule has 0 saturated heterocycles. The van der Waals surface area contributed by atoms with Gasteiger partial charge in [0.1, 0.15) is 5.75 Å². The Kier molecular flexibility index (Phi) is 3.49. The highest BCUT2D eigenvalue weighted by Gasteiger charge is 2.32. The SMILES string of the molecule is COC(C)(Cl)C(=O)Oc1ccccc1. The lowest BCUT2D eigenvalue weighted by molar-refractivity contribution is -0.148. The number of para-hydroxylation sites is 1. The molecule has 0 spiro atoms. The van der Waals surface area contributed by atoms with Gasteiger partial charge in [-0.3, -0.25) is 0 Å². The molecule has 4 heteroatoms. The maximum Gasteiger partial charge on any atom is 0.359 e. The van der Waals surface area contributed by atoms with Crippen molar-refractivity contribution in [3.63, 3.8) is 0 Å². The predicted octanol–water partition coefficient (Wildman–Crippen LogP) is 2.19. The van der Waals surface area contributed by atoms with E-state index in [4.69, 9.17) is 21.1 Å². The highest BCUT2D eigenvalue weighted by Crippen LogP contribution is 2.19. The predicted molar refractivity (Wildman–Crippen MR) is 53.3 cm³/mol. The van der Waals surface area contributed by atoms with Crippen molar-refractivity contribution in [2.45, 2.75) is 12.0 Å². The van der Waals surface area contributed by atoms with E-state index in [9.17, 15) is 4.79 Å². The summed E-state index contributed by atoms with van der Waals surface area (Å²) in [5, 5.41) is -1.43. The maximum atomic E-state index is 11.4. The van der Waals surface area contributed by atoms with Crippen LogP contribution in [0.3, 0.4) is 0 Å². The molecule has 76 valence electrons. The number of benzene rings is 1. The normalized spacial score (nSPS) is 14.5. The minimum atomic E-state index is -1.43. The summed E-state index contributed by atoms with van der Waals surface area (Å²) < 4.78 is 9.74. The lowest BCUT2D eigenvalue weighted by atomic mass is 10.3. The highest BCUT2D eigenvalue weighted by molar-refractivity contribution is 6.32. The van der Waals surface area contributed by atoms with Crippen molar-refractivity contribution in [3.05, 3.63) is 30.3 Å². The fraction of sp³-hybridized carbons (Fsp3) is 0.300. The second kappa shape index (κ2) is 4.44. The van der Waals surface area contributed by atoms with Gasteiger partial charge in [-0.1, -0.05) is 29.8 Å². The second-order valence-corrected chi connectivity index (χ2v) is 3.54. The van der Waals surface area contributed by atoms with Crippen LogP contribution in [0.2, 0.25) is 0 Å². The molecule has 1 aromatic rings. The van der Waals surface area contributed by atoms with Crippen LogP contribution >= 0.6 is 11.6 Å². The molecule has 3 nitrogen and oxygen atoms in total. The summed E-state index contributed by atoms with van der Waals surface area (Å²) in [6.07, 6.45) is 0. The average molecular weight is 215 g/mol. The molecule has 1 rings (SSSR count). The molecule has 14 heavy (non-hydrogen) atoms.